The Morgan fingerprint density at radius 3 is 1.66 bits per heavy atom. The van der Waals surface area contributed by atoms with Crippen molar-refractivity contribution in [3.05, 3.63) is 72.9 Å². The maximum Gasteiger partial charge on any atom is 0.472 e. The zero-order valence-corrected chi connectivity index (χ0v) is 40.1. The number of ether oxygens (including phenoxy) is 2. The number of hydrogen-bond acceptors (Lipinski definition) is 8. The lowest BCUT2D eigenvalue weighted by Crippen LogP contribution is -2.37. The Kier molecular flexibility index (Phi) is 39.7. The average molecular weight is 879 g/mol. The zero-order chi connectivity index (χ0) is 45.1. The van der Waals surface area contributed by atoms with Crippen molar-refractivity contribution in [1.82, 2.24) is 0 Å². The fourth-order valence-corrected chi connectivity index (χ4v) is 6.74. The number of hydrogen-bond donors (Lipinski definition) is 2. The number of carbonyl (C=O) groups is 2. The quantitative estimate of drug-likeness (QED) is 0.0154. The largest absolute Gasteiger partial charge is 0.472 e. The van der Waals surface area contributed by atoms with Gasteiger partial charge in [0.2, 0.25) is 0 Å². The van der Waals surface area contributed by atoms with Gasteiger partial charge in [0.05, 0.1) is 33.9 Å². The van der Waals surface area contributed by atoms with Crippen molar-refractivity contribution in [1.29, 1.82) is 0 Å². The van der Waals surface area contributed by atoms with Crippen molar-refractivity contribution in [2.45, 2.75) is 187 Å². The smallest absolute Gasteiger partial charge is 0.462 e. The summed E-state index contributed by atoms with van der Waals surface area (Å²) in [6, 6.07) is 0. The Balaban J connectivity index is 4.42. The molecule has 0 aromatic carbocycles. The highest BCUT2D eigenvalue weighted by Gasteiger charge is 2.27. The van der Waals surface area contributed by atoms with Crippen LogP contribution in [0.5, 0.6) is 0 Å². The van der Waals surface area contributed by atoms with Crippen LogP contribution in [0.1, 0.15) is 174 Å². The molecule has 0 fully saturated rings. The second-order valence-corrected chi connectivity index (χ2v) is 18.4. The van der Waals surface area contributed by atoms with Gasteiger partial charge < -0.3 is 24.0 Å². The number of unbranched alkanes of at least 4 members (excludes halogenated alkanes) is 16. The second kappa shape index (κ2) is 41.4. The number of phosphoric ester groups is 1. The molecule has 11 heteroatoms. The van der Waals surface area contributed by atoms with Gasteiger partial charge in [0.25, 0.3) is 0 Å². The highest BCUT2D eigenvalue weighted by Crippen LogP contribution is 2.43. The van der Waals surface area contributed by atoms with Crippen LogP contribution in [0.2, 0.25) is 0 Å². The molecule has 0 aliphatic heterocycles. The molecule has 0 aromatic rings. The summed E-state index contributed by atoms with van der Waals surface area (Å²) >= 11 is 0. The first kappa shape index (κ1) is 58.4. The van der Waals surface area contributed by atoms with Gasteiger partial charge >= 0.3 is 19.8 Å². The van der Waals surface area contributed by atoms with Gasteiger partial charge in [0, 0.05) is 12.8 Å². The molecule has 0 rings (SSSR count). The van der Waals surface area contributed by atoms with E-state index in [1.54, 1.807) is 6.08 Å². The first-order chi connectivity index (χ1) is 29.4. The molecule has 0 radical (unpaired) electrons. The van der Waals surface area contributed by atoms with E-state index < -0.39 is 32.5 Å². The fourth-order valence-electron chi connectivity index (χ4n) is 6.00. The van der Waals surface area contributed by atoms with Crippen molar-refractivity contribution < 1.29 is 47.2 Å². The number of phosphoric acid groups is 1. The monoisotopic (exact) mass is 879 g/mol. The summed E-state index contributed by atoms with van der Waals surface area (Å²) in [6.45, 7) is 4.00. The molecule has 61 heavy (non-hydrogen) atoms. The van der Waals surface area contributed by atoms with Gasteiger partial charge in [-0.1, -0.05) is 164 Å². The molecule has 0 saturated carbocycles. The van der Waals surface area contributed by atoms with Gasteiger partial charge in [0.1, 0.15) is 19.8 Å². The third-order valence-corrected chi connectivity index (χ3v) is 10.9. The molecule has 0 bridgehead atoms. The van der Waals surface area contributed by atoms with E-state index in [0.717, 1.165) is 44.9 Å². The van der Waals surface area contributed by atoms with Gasteiger partial charge in [-0.05, 0) is 70.6 Å². The van der Waals surface area contributed by atoms with Gasteiger partial charge in [0.15, 0.2) is 6.10 Å². The van der Waals surface area contributed by atoms with Crippen LogP contribution in [-0.2, 0) is 32.7 Å². The number of likely N-dealkylation sites (N-methyl/N-ethyl adjacent to an activating group) is 1. The first-order valence-electron chi connectivity index (χ1n) is 23.8. The highest BCUT2D eigenvalue weighted by atomic mass is 31.2. The molecule has 0 saturated heterocycles. The van der Waals surface area contributed by atoms with Crippen molar-refractivity contribution >= 4 is 19.8 Å². The topological polar surface area (TPSA) is 129 Å². The Hall–Kier alpha value is -2.59. The second-order valence-electron chi connectivity index (χ2n) is 17.0. The number of rotatable bonds is 42. The Labute approximate surface area is 372 Å². The Morgan fingerprint density at radius 1 is 0.590 bits per heavy atom. The summed E-state index contributed by atoms with van der Waals surface area (Å²) in [4.78, 5) is 35.4. The lowest BCUT2D eigenvalue weighted by atomic mass is 10.1. The molecule has 0 aromatic heterocycles. The summed E-state index contributed by atoms with van der Waals surface area (Å²) < 4.78 is 34.3. The molecule has 352 valence electrons. The van der Waals surface area contributed by atoms with Crippen LogP contribution >= 0.6 is 7.82 Å². The summed E-state index contributed by atoms with van der Waals surface area (Å²) in [7, 11) is 1.41. The first-order valence-corrected chi connectivity index (χ1v) is 25.3. The van der Waals surface area contributed by atoms with Crippen LogP contribution in [-0.4, -0.2) is 86.1 Å². The summed E-state index contributed by atoms with van der Waals surface area (Å²) in [5.41, 5.74) is 0. The Morgan fingerprint density at radius 2 is 1.08 bits per heavy atom. The van der Waals surface area contributed by atoms with Crippen molar-refractivity contribution in [2.75, 3.05) is 47.5 Å². The van der Waals surface area contributed by atoms with Gasteiger partial charge in [-0.25, -0.2) is 4.57 Å². The third kappa shape index (κ3) is 45.3. The van der Waals surface area contributed by atoms with Gasteiger partial charge in [-0.3, -0.25) is 18.6 Å². The number of esters is 2. The number of aliphatic hydroxyl groups excluding tert-OH is 1. The number of quaternary nitrogens is 1. The fraction of sp³-hybridized carbons (Fsp3) is 0.720. The molecule has 10 nitrogen and oxygen atoms in total. The summed E-state index contributed by atoms with van der Waals surface area (Å²) in [6.07, 6.45) is 49.1. The predicted molar refractivity (Wildman–Crippen MR) is 253 cm³/mol. The minimum Gasteiger partial charge on any atom is -0.462 e. The standard InChI is InChI=1S/C50H88NO9P/c1-6-8-9-10-11-12-13-14-15-16-17-18-19-23-26-29-32-35-38-41-49(53)57-45-48(46-59-61(55,56)58-44-43-51(3,4)5)60-50(54)42-39-36-33-30-27-24-21-20-22-25-28-31-34-37-40-47(52)7-2/h14-15,21-22,24-25,30-31,33-34,37,40,47-48,52H,6-13,16-20,23,26-29,32,35-36,38-39,41-46H2,1-5H3/p+1/b15-14-,24-21-,25-22-,33-30-,34-31-,40-37+/t47-,48-/m1/s1. The molecule has 0 heterocycles. The van der Waals surface area contributed by atoms with E-state index in [1.807, 2.05) is 52.4 Å². The van der Waals surface area contributed by atoms with Crippen LogP contribution in [0.4, 0.5) is 0 Å². The van der Waals surface area contributed by atoms with Crippen molar-refractivity contribution in [3.63, 3.8) is 0 Å². The van der Waals surface area contributed by atoms with E-state index in [4.69, 9.17) is 18.5 Å². The molecular formula is C50H89NO9P+. The van der Waals surface area contributed by atoms with E-state index >= 15 is 0 Å². The third-order valence-electron chi connectivity index (χ3n) is 9.88. The van der Waals surface area contributed by atoms with Gasteiger partial charge in [-0.15, -0.1) is 0 Å². The van der Waals surface area contributed by atoms with Crippen LogP contribution in [0.3, 0.4) is 0 Å². The number of aliphatic hydroxyl groups is 1. The van der Waals surface area contributed by atoms with Crippen molar-refractivity contribution in [3.8, 4) is 0 Å². The maximum absolute atomic E-state index is 12.7. The zero-order valence-electron chi connectivity index (χ0n) is 39.2. The summed E-state index contributed by atoms with van der Waals surface area (Å²) in [5.74, 6) is -0.891. The maximum atomic E-state index is 12.7. The number of allylic oxidation sites excluding steroid dienone is 11. The predicted octanol–water partition coefficient (Wildman–Crippen LogP) is 12.8. The average Bonchev–Trinajstić information content (AvgIpc) is 3.21. The molecule has 0 amide bonds. The van der Waals surface area contributed by atoms with Crippen LogP contribution in [0.15, 0.2) is 72.9 Å². The van der Waals surface area contributed by atoms with E-state index in [-0.39, 0.29) is 32.2 Å². The van der Waals surface area contributed by atoms with E-state index in [9.17, 15) is 24.2 Å². The normalized spacial score (nSPS) is 14.7. The van der Waals surface area contributed by atoms with E-state index in [0.29, 0.717) is 30.3 Å². The van der Waals surface area contributed by atoms with Crippen LogP contribution in [0, 0.1) is 0 Å². The highest BCUT2D eigenvalue weighted by molar-refractivity contribution is 7.47. The molecule has 0 spiro atoms. The van der Waals surface area contributed by atoms with Gasteiger partial charge in [-0.2, -0.15) is 0 Å². The lowest BCUT2D eigenvalue weighted by molar-refractivity contribution is -0.870. The molecule has 2 N–H and O–H groups in total. The molecule has 1 unspecified atom stereocenters. The minimum atomic E-state index is -4.41. The molecule has 3 atom stereocenters. The molecule has 0 aliphatic rings. The number of carbonyl (C=O) groups excluding carboxylic acids is 2. The molecule has 0 aliphatic carbocycles. The van der Waals surface area contributed by atoms with Crippen LogP contribution < -0.4 is 0 Å². The SMILES string of the molecule is CCCCCCCC/C=C\CCCCCCCCCCCC(=O)OC[C@H](COP(=O)(O)OCC[N+](C)(C)C)OC(=O)CCC/C=C\C/C=C\C/C=C\C/C=C\C=C\[C@H](O)CC. The Bertz CT molecular complexity index is 1280. The van der Waals surface area contributed by atoms with E-state index in [2.05, 4.69) is 49.5 Å². The van der Waals surface area contributed by atoms with E-state index in [1.165, 1.54) is 83.5 Å². The minimum absolute atomic E-state index is 0.0111. The van der Waals surface area contributed by atoms with Crippen molar-refractivity contribution in [2.24, 2.45) is 0 Å². The lowest BCUT2D eigenvalue weighted by Gasteiger charge is -2.24. The summed E-state index contributed by atoms with van der Waals surface area (Å²) in [5, 5.41) is 9.49. The molecular weight excluding hydrogens is 790 g/mol. The number of nitrogens with zero attached hydrogens (tertiary/aromatic N) is 1. The van der Waals surface area contributed by atoms with Crippen LogP contribution in [0.25, 0.3) is 0 Å².